The van der Waals surface area contributed by atoms with Crippen LogP contribution in [0.25, 0.3) is 21.8 Å². The average molecular weight is 596 g/mol. The zero-order valence-electron chi connectivity index (χ0n) is 24.1. The fraction of sp³-hybridized carbons (Fsp3) is 0.235. The monoisotopic (exact) mass is 595 g/mol. The highest BCUT2D eigenvalue weighted by atomic mass is 32.2. The maximum atomic E-state index is 13.7. The molecule has 1 unspecified atom stereocenters. The lowest BCUT2D eigenvalue weighted by atomic mass is 9.92. The number of para-hydroxylation sites is 1. The van der Waals surface area contributed by atoms with Gasteiger partial charge in [0.05, 0.1) is 17.4 Å². The first-order valence-electron chi connectivity index (χ1n) is 14.4. The minimum Gasteiger partial charge on any atom is -0.456 e. The summed E-state index contributed by atoms with van der Waals surface area (Å²) in [5.41, 5.74) is 5.52. The Bertz CT molecular complexity index is 1950. The number of ether oxygens (including phenoxy) is 1. The van der Waals surface area contributed by atoms with Crippen LogP contribution >= 0.6 is 0 Å². The van der Waals surface area contributed by atoms with Crippen LogP contribution in [0.15, 0.2) is 95.9 Å². The first-order valence-corrected chi connectivity index (χ1v) is 15.8. The lowest BCUT2D eigenvalue weighted by molar-refractivity contribution is -0.148. The molecule has 1 N–H and O–H groups in total. The van der Waals surface area contributed by atoms with Crippen molar-refractivity contribution in [1.29, 1.82) is 0 Å². The number of amides is 1. The van der Waals surface area contributed by atoms with Gasteiger partial charge < -0.3 is 14.6 Å². The largest absolute Gasteiger partial charge is 0.456 e. The smallest absolute Gasteiger partial charge is 0.308 e. The third kappa shape index (κ3) is 5.53. The van der Waals surface area contributed by atoms with Crippen LogP contribution in [0.4, 0.5) is 5.69 Å². The standard InChI is InChI=1S/C34H33N3O5S/c1-3-36-30-11-7-6-10-28(30)29-20-25(14-17-31(29)36)35-33(38)22-42-34(39)21-32-27-9-5-4-8-24(27)18-19-37(32)43(40,41)26-15-12-23(2)13-16-26/h4-17,20,32H,3,18-19,21-22H2,1-2H3,(H,35,38). The SMILES string of the molecule is CCn1c2ccccc2c2cc(NC(=O)COC(=O)CC3c4ccccc4CCN3S(=O)(=O)c3ccc(C)cc3)ccc21. The number of anilines is 1. The number of fused-ring (bicyclic) bond motifs is 4. The molecule has 1 aromatic heterocycles. The highest BCUT2D eigenvalue weighted by molar-refractivity contribution is 7.89. The summed E-state index contributed by atoms with van der Waals surface area (Å²) in [7, 11) is -3.88. The molecular formula is C34H33N3O5S. The van der Waals surface area contributed by atoms with Crippen LogP contribution in [0.3, 0.4) is 0 Å². The van der Waals surface area contributed by atoms with Gasteiger partial charge in [0.25, 0.3) is 5.91 Å². The van der Waals surface area contributed by atoms with Gasteiger partial charge in [-0.3, -0.25) is 9.59 Å². The van der Waals surface area contributed by atoms with Crippen molar-refractivity contribution < 1.29 is 22.7 Å². The van der Waals surface area contributed by atoms with Crippen LogP contribution in [0.5, 0.6) is 0 Å². The molecule has 0 spiro atoms. The van der Waals surface area contributed by atoms with Crippen molar-refractivity contribution in [2.45, 2.75) is 44.2 Å². The van der Waals surface area contributed by atoms with Crippen molar-refractivity contribution in [2.75, 3.05) is 18.5 Å². The molecule has 0 saturated heterocycles. The molecule has 9 heteroatoms. The minimum absolute atomic E-state index is 0.175. The Morgan fingerprint density at radius 2 is 1.63 bits per heavy atom. The summed E-state index contributed by atoms with van der Waals surface area (Å²) in [6.07, 6.45) is 0.328. The highest BCUT2D eigenvalue weighted by Crippen LogP contribution is 2.37. The fourth-order valence-corrected chi connectivity index (χ4v) is 7.61. The van der Waals surface area contributed by atoms with Gasteiger partial charge in [-0.15, -0.1) is 0 Å². The number of hydrogen-bond donors (Lipinski definition) is 1. The maximum absolute atomic E-state index is 13.7. The summed E-state index contributed by atoms with van der Waals surface area (Å²) in [5.74, 6) is -1.12. The number of carbonyl (C=O) groups is 2. The Labute approximate surface area is 250 Å². The van der Waals surface area contributed by atoms with Gasteiger partial charge in [-0.25, -0.2) is 8.42 Å². The lowest BCUT2D eigenvalue weighted by Gasteiger charge is -2.36. The molecule has 4 aromatic carbocycles. The van der Waals surface area contributed by atoms with E-state index in [1.165, 1.54) is 4.31 Å². The molecule has 220 valence electrons. The second kappa shape index (κ2) is 11.7. The van der Waals surface area contributed by atoms with Gasteiger partial charge in [-0.2, -0.15) is 4.31 Å². The van der Waals surface area contributed by atoms with E-state index in [1.54, 1.807) is 24.3 Å². The van der Waals surface area contributed by atoms with Gasteiger partial charge in [0.15, 0.2) is 6.61 Å². The number of sulfonamides is 1. The molecule has 1 aliphatic rings. The van der Waals surface area contributed by atoms with Crippen LogP contribution in [0, 0.1) is 6.92 Å². The maximum Gasteiger partial charge on any atom is 0.308 e. The summed E-state index contributed by atoms with van der Waals surface area (Å²) in [5, 5.41) is 4.95. The number of aryl methyl sites for hydroxylation is 2. The topological polar surface area (TPSA) is 97.7 Å². The van der Waals surface area contributed by atoms with E-state index in [0.717, 1.165) is 45.0 Å². The van der Waals surface area contributed by atoms with Crippen LogP contribution < -0.4 is 5.32 Å². The number of aromatic nitrogens is 1. The van der Waals surface area contributed by atoms with Crippen molar-refractivity contribution in [2.24, 2.45) is 0 Å². The van der Waals surface area contributed by atoms with Gasteiger partial charge in [0, 0.05) is 40.6 Å². The summed E-state index contributed by atoms with van der Waals surface area (Å²) in [6.45, 7) is 4.57. The molecule has 1 atom stereocenters. The summed E-state index contributed by atoms with van der Waals surface area (Å²) in [4.78, 5) is 26.0. The van der Waals surface area contributed by atoms with Crippen molar-refractivity contribution in [3.63, 3.8) is 0 Å². The summed E-state index contributed by atoms with van der Waals surface area (Å²) >= 11 is 0. The Morgan fingerprint density at radius 1 is 0.907 bits per heavy atom. The van der Waals surface area contributed by atoms with E-state index < -0.39 is 34.5 Å². The fourth-order valence-electron chi connectivity index (χ4n) is 6.01. The molecule has 0 fully saturated rings. The lowest BCUT2D eigenvalue weighted by Crippen LogP contribution is -2.41. The normalized spacial score (nSPS) is 15.3. The zero-order chi connectivity index (χ0) is 30.1. The number of benzene rings is 4. The van der Waals surface area contributed by atoms with E-state index in [0.29, 0.717) is 12.1 Å². The van der Waals surface area contributed by atoms with Gasteiger partial charge in [0.1, 0.15) is 0 Å². The number of carbonyl (C=O) groups excluding carboxylic acids is 2. The van der Waals surface area contributed by atoms with E-state index >= 15 is 0 Å². The molecule has 0 aliphatic carbocycles. The summed E-state index contributed by atoms with van der Waals surface area (Å²) in [6, 6.07) is 27.3. The van der Waals surface area contributed by atoms with Crippen molar-refractivity contribution in [1.82, 2.24) is 8.87 Å². The van der Waals surface area contributed by atoms with E-state index in [1.807, 2.05) is 61.5 Å². The molecule has 6 rings (SSSR count). The molecule has 0 bridgehead atoms. The van der Waals surface area contributed by atoms with Gasteiger partial charge in [0.2, 0.25) is 10.0 Å². The molecular weight excluding hydrogens is 562 g/mol. The molecule has 43 heavy (non-hydrogen) atoms. The predicted molar refractivity (Wildman–Crippen MR) is 167 cm³/mol. The number of rotatable bonds is 8. The first-order chi connectivity index (χ1) is 20.8. The molecule has 2 heterocycles. The van der Waals surface area contributed by atoms with Crippen molar-refractivity contribution >= 4 is 49.4 Å². The number of nitrogens with one attached hydrogen (secondary N) is 1. The quantitative estimate of drug-likeness (QED) is 0.223. The second-order valence-electron chi connectivity index (χ2n) is 10.8. The molecule has 1 aliphatic heterocycles. The van der Waals surface area contributed by atoms with Gasteiger partial charge in [-0.05, 0) is 67.8 Å². The van der Waals surface area contributed by atoms with Gasteiger partial charge in [-0.1, -0.05) is 60.2 Å². The van der Waals surface area contributed by atoms with E-state index in [2.05, 4.69) is 28.9 Å². The minimum atomic E-state index is -3.88. The Balaban J connectivity index is 1.16. The first kappa shape index (κ1) is 28.6. The predicted octanol–water partition coefficient (Wildman–Crippen LogP) is 5.98. The third-order valence-electron chi connectivity index (χ3n) is 8.09. The number of nitrogens with zero attached hydrogens (tertiary/aromatic N) is 2. The molecule has 1 amide bonds. The Kier molecular flexibility index (Phi) is 7.77. The van der Waals surface area contributed by atoms with E-state index in [-0.39, 0.29) is 17.9 Å². The number of esters is 1. The highest BCUT2D eigenvalue weighted by Gasteiger charge is 2.38. The van der Waals surface area contributed by atoms with Crippen LogP contribution in [0.2, 0.25) is 0 Å². The Hall–Kier alpha value is -4.47. The molecule has 0 saturated carbocycles. The van der Waals surface area contributed by atoms with Gasteiger partial charge >= 0.3 is 5.97 Å². The van der Waals surface area contributed by atoms with E-state index in [4.69, 9.17) is 4.74 Å². The average Bonchev–Trinajstić information content (AvgIpc) is 3.33. The van der Waals surface area contributed by atoms with Crippen LogP contribution in [-0.2, 0) is 37.3 Å². The molecule has 8 nitrogen and oxygen atoms in total. The van der Waals surface area contributed by atoms with Crippen LogP contribution in [-0.4, -0.2) is 42.3 Å². The van der Waals surface area contributed by atoms with Crippen molar-refractivity contribution in [3.8, 4) is 0 Å². The van der Waals surface area contributed by atoms with Crippen molar-refractivity contribution in [3.05, 3.63) is 108 Å². The summed E-state index contributed by atoms with van der Waals surface area (Å²) < 4.78 is 36.3. The third-order valence-corrected chi connectivity index (χ3v) is 10.0. The van der Waals surface area contributed by atoms with Crippen LogP contribution in [0.1, 0.15) is 36.1 Å². The molecule has 5 aromatic rings. The van der Waals surface area contributed by atoms with E-state index in [9.17, 15) is 18.0 Å². The Morgan fingerprint density at radius 3 is 2.42 bits per heavy atom. The number of hydrogen-bond acceptors (Lipinski definition) is 5. The second-order valence-corrected chi connectivity index (χ2v) is 12.7. The molecule has 0 radical (unpaired) electrons. The zero-order valence-corrected chi connectivity index (χ0v) is 24.9.